The lowest BCUT2D eigenvalue weighted by Crippen LogP contribution is -2.11. The van der Waals surface area contributed by atoms with Crippen molar-refractivity contribution in [2.75, 3.05) is 4.90 Å². The maximum Gasteiger partial charge on any atom is 0.227 e. The van der Waals surface area contributed by atoms with Crippen LogP contribution in [0.15, 0.2) is 223 Å². The largest absolute Gasteiger partial charge is 0.436 e. The molecule has 0 fully saturated rings. The average molecular weight is 717 g/mol. The Bertz CT molecular complexity index is 2920. The van der Waals surface area contributed by atoms with E-state index in [1.54, 1.807) is 0 Å². The van der Waals surface area contributed by atoms with Crippen molar-refractivity contribution in [3.63, 3.8) is 0 Å². The molecule has 10 aromatic rings. The van der Waals surface area contributed by atoms with Gasteiger partial charge in [0.25, 0.3) is 0 Å². The fraction of sp³-hybridized carbons (Fsp3) is 0. The number of anilines is 3. The predicted octanol–water partition coefficient (Wildman–Crippen LogP) is 14.8. The number of rotatable bonds is 8. The third-order valence-electron chi connectivity index (χ3n) is 10.6. The van der Waals surface area contributed by atoms with E-state index in [9.17, 15) is 0 Å². The second-order valence-electron chi connectivity index (χ2n) is 14.0. The van der Waals surface area contributed by atoms with Crippen LogP contribution >= 0.6 is 0 Å². The molecule has 0 aliphatic carbocycles. The highest BCUT2D eigenvalue weighted by molar-refractivity contribution is 6.09. The predicted molar refractivity (Wildman–Crippen MR) is 233 cm³/mol. The van der Waals surface area contributed by atoms with Gasteiger partial charge in [0.2, 0.25) is 5.89 Å². The van der Waals surface area contributed by atoms with E-state index in [-0.39, 0.29) is 0 Å². The van der Waals surface area contributed by atoms with Crippen LogP contribution in [0.5, 0.6) is 0 Å². The van der Waals surface area contributed by atoms with Crippen LogP contribution < -0.4 is 4.90 Å². The highest BCUT2D eigenvalue weighted by atomic mass is 16.3. The Morgan fingerprint density at radius 2 is 0.786 bits per heavy atom. The Balaban J connectivity index is 0.984. The quantitative estimate of drug-likeness (QED) is 0.157. The molecule has 3 heteroatoms. The van der Waals surface area contributed by atoms with Gasteiger partial charge in [0, 0.05) is 27.9 Å². The third-order valence-corrected chi connectivity index (χ3v) is 10.6. The van der Waals surface area contributed by atoms with Crippen molar-refractivity contribution in [1.82, 2.24) is 4.98 Å². The molecule has 9 aromatic carbocycles. The molecule has 56 heavy (non-hydrogen) atoms. The van der Waals surface area contributed by atoms with Crippen molar-refractivity contribution in [3.8, 4) is 56.0 Å². The van der Waals surface area contributed by atoms with Gasteiger partial charge in [-0.2, -0.15) is 0 Å². The maximum atomic E-state index is 6.18. The average Bonchev–Trinajstić information content (AvgIpc) is 3.74. The van der Waals surface area contributed by atoms with Crippen LogP contribution in [-0.2, 0) is 0 Å². The lowest BCUT2D eigenvalue weighted by molar-refractivity contribution is 0.620. The van der Waals surface area contributed by atoms with Gasteiger partial charge in [-0.05, 0) is 98.9 Å². The molecule has 0 bridgehead atoms. The Morgan fingerprint density at radius 1 is 0.321 bits per heavy atom. The fourth-order valence-corrected chi connectivity index (χ4v) is 7.74. The number of hydrogen-bond acceptors (Lipinski definition) is 3. The summed E-state index contributed by atoms with van der Waals surface area (Å²) in [6.07, 6.45) is 0. The van der Waals surface area contributed by atoms with Crippen molar-refractivity contribution in [1.29, 1.82) is 0 Å². The number of para-hydroxylation sites is 1. The highest BCUT2D eigenvalue weighted by Crippen LogP contribution is 2.42. The standard InChI is InChI=1S/C53H36N2O/c1-4-13-37(14-5-1)39-27-31-44(32-28-39)55(50-22-11-10-19-47(50)41-15-6-2-7-16-41)45-33-29-40(30-34-45)38-23-25-42(26-24-38)46-20-12-21-49-48(46)35-36-51-52(49)54-53(56-51)43-17-8-3-9-18-43/h1-36H. The lowest BCUT2D eigenvalue weighted by atomic mass is 9.95. The summed E-state index contributed by atoms with van der Waals surface area (Å²) < 4.78 is 6.18. The second-order valence-corrected chi connectivity index (χ2v) is 14.0. The molecular formula is C53H36N2O. The van der Waals surface area contributed by atoms with E-state index in [1.807, 2.05) is 36.4 Å². The molecular weight excluding hydrogens is 681 g/mol. The SMILES string of the molecule is c1ccc(-c2ccc(N(c3ccc(-c4ccc(-c5cccc6c5ccc5oc(-c7ccccc7)nc56)cc4)cc3)c3ccccc3-c3ccccc3)cc2)cc1. The Hall–Kier alpha value is -7.49. The van der Waals surface area contributed by atoms with Crippen LogP contribution in [0.1, 0.15) is 0 Å². The van der Waals surface area contributed by atoms with E-state index in [1.165, 1.54) is 27.8 Å². The molecule has 1 aromatic heterocycles. The molecule has 0 N–H and O–H groups in total. The Labute approximate surface area is 326 Å². The van der Waals surface area contributed by atoms with Crippen LogP contribution in [0.3, 0.4) is 0 Å². The molecule has 0 spiro atoms. The number of benzene rings is 9. The first-order valence-corrected chi connectivity index (χ1v) is 19.0. The van der Waals surface area contributed by atoms with Gasteiger partial charge in [-0.3, -0.25) is 0 Å². The van der Waals surface area contributed by atoms with Crippen LogP contribution in [-0.4, -0.2) is 4.98 Å². The zero-order chi connectivity index (χ0) is 37.3. The molecule has 0 saturated heterocycles. The van der Waals surface area contributed by atoms with Gasteiger partial charge in [-0.25, -0.2) is 4.98 Å². The van der Waals surface area contributed by atoms with E-state index >= 15 is 0 Å². The highest BCUT2D eigenvalue weighted by Gasteiger charge is 2.18. The molecule has 0 saturated carbocycles. The van der Waals surface area contributed by atoms with Gasteiger partial charge in [-0.15, -0.1) is 0 Å². The molecule has 0 aliphatic heterocycles. The number of oxazole rings is 1. The second kappa shape index (κ2) is 14.4. The summed E-state index contributed by atoms with van der Waals surface area (Å²) in [6.45, 7) is 0. The summed E-state index contributed by atoms with van der Waals surface area (Å²) in [7, 11) is 0. The monoisotopic (exact) mass is 716 g/mol. The molecule has 0 amide bonds. The van der Waals surface area contributed by atoms with Crippen molar-refractivity contribution in [2.24, 2.45) is 0 Å². The summed E-state index contributed by atoms with van der Waals surface area (Å²) in [5.74, 6) is 0.637. The van der Waals surface area contributed by atoms with Crippen molar-refractivity contribution in [2.45, 2.75) is 0 Å². The molecule has 0 unspecified atom stereocenters. The van der Waals surface area contributed by atoms with E-state index in [4.69, 9.17) is 9.40 Å². The summed E-state index contributed by atoms with van der Waals surface area (Å²) in [5.41, 5.74) is 15.3. The molecule has 0 atom stereocenters. The minimum Gasteiger partial charge on any atom is -0.436 e. The minimum atomic E-state index is 0.637. The number of aromatic nitrogens is 1. The van der Waals surface area contributed by atoms with Crippen molar-refractivity contribution in [3.05, 3.63) is 218 Å². The molecule has 0 aliphatic rings. The van der Waals surface area contributed by atoms with Gasteiger partial charge in [0.15, 0.2) is 5.58 Å². The first-order valence-electron chi connectivity index (χ1n) is 19.0. The smallest absolute Gasteiger partial charge is 0.227 e. The molecule has 1 heterocycles. The zero-order valence-corrected chi connectivity index (χ0v) is 30.6. The molecule has 3 nitrogen and oxygen atoms in total. The van der Waals surface area contributed by atoms with E-state index in [0.717, 1.165) is 61.2 Å². The van der Waals surface area contributed by atoms with E-state index in [0.29, 0.717) is 5.89 Å². The first kappa shape index (κ1) is 33.1. The van der Waals surface area contributed by atoms with Gasteiger partial charge in [-0.1, -0.05) is 164 Å². The van der Waals surface area contributed by atoms with Crippen molar-refractivity contribution >= 4 is 38.9 Å². The Kier molecular flexibility index (Phi) is 8.51. The van der Waals surface area contributed by atoms with Gasteiger partial charge in [0.05, 0.1) is 5.69 Å². The summed E-state index contributed by atoms with van der Waals surface area (Å²) in [6, 6.07) is 77.2. The number of hydrogen-bond donors (Lipinski definition) is 0. The van der Waals surface area contributed by atoms with Crippen LogP contribution in [0, 0.1) is 0 Å². The van der Waals surface area contributed by atoms with Gasteiger partial charge < -0.3 is 9.32 Å². The number of nitrogens with zero attached hydrogens (tertiary/aromatic N) is 2. The van der Waals surface area contributed by atoms with Crippen LogP contribution in [0.4, 0.5) is 17.1 Å². The Morgan fingerprint density at radius 3 is 1.41 bits per heavy atom. The van der Waals surface area contributed by atoms with Crippen molar-refractivity contribution < 1.29 is 4.42 Å². The summed E-state index contributed by atoms with van der Waals surface area (Å²) >= 11 is 0. The minimum absolute atomic E-state index is 0.637. The molecule has 10 rings (SSSR count). The topological polar surface area (TPSA) is 29.3 Å². The summed E-state index contributed by atoms with van der Waals surface area (Å²) in [5, 5.41) is 2.23. The van der Waals surface area contributed by atoms with Crippen LogP contribution in [0.25, 0.3) is 77.8 Å². The van der Waals surface area contributed by atoms with E-state index in [2.05, 4.69) is 187 Å². The van der Waals surface area contributed by atoms with Crippen LogP contribution in [0.2, 0.25) is 0 Å². The lowest BCUT2D eigenvalue weighted by Gasteiger charge is -2.28. The van der Waals surface area contributed by atoms with E-state index < -0.39 is 0 Å². The molecule has 264 valence electrons. The maximum absolute atomic E-state index is 6.18. The number of fused-ring (bicyclic) bond motifs is 3. The first-order chi connectivity index (χ1) is 27.8. The summed E-state index contributed by atoms with van der Waals surface area (Å²) in [4.78, 5) is 7.28. The zero-order valence-electron chi connectivity index (χ0n) is 30.6. The van der Waals surface area contributed by atoms with Gasteiger partial charge >= 0.3 is 0 Å². The molecule has 0 radical (unpaired) electrons. The normalized spacial score (nSPS) is 11.2. The fourth-order valence-electron chi connectivity index (χ4n) is 7.74. The van der Waals surface area contributed by atoms with Gasteiger partial charge in [0.1, 0.15) is 5.52 Å². The third kappa shape index (κ3) is 6.21.